The topological polar surface area (TPSA) is 13.1 Å². The van der Waals surface area contributed by atoms with Crippen LogP contribution >= 0.6 is 0 Å². The zero-order valence-corrected chi connectivity index (χ0v) is 8.56. The second-order valence-electron chi connectivity index (χ2n) is 3.67. The molecule has 1 aromatic carbocycles. The van der Waals surface area contributed by atoms with Gasteiger partial charge in [-0.05, 0) is 44.4 Å². The fourth-order valence-electron chi connectivity index (χ4n) is 1.64. The van der Waals surface area contributed by atoms with E-state index < -0.39 is 0 Å². The predicted molar refractivity (Wildman–Crippen MR) is 55.2 cm³/mol. The summed E-state index contributed by atoms with van der Waals surface area (Å²) in [5.41, 5.74) is 4.86. The van der Waals surface area contributed by atoms with Crippen LogP contribution in [0.15, 0.2) is 16.5 Å². The molecule has 0 bridgehead atoms. The normalized spacial score (nSPS) is 11.1. The molecule has 0 aliphatic heterocycles. The molecule has 1 aromatic heterocycles. The zero-order valence-electron chi connectivity index (χ0n) is 8.56. The van der Waals surface area contributed by atoms with Crippen molar-refractivity contribution in [3.8, 4) is 0 Å². The maximum Gasteiger partial charge on any atom is 0.137 e. The van der Waals surface area contributed by atoms with Crippen LogP contribution in [0.1, 0.15) is 22.5 Å². The highest BCUT2D eigenvalue weighted by Gasteiger charge is 2.09. The van der Waals surface area contributed by atoms with E-state index in [9.17, 15) is 0 Å². The Hall–Kier alpha value is -1.24. The van der Waals surface area contributed by atoms with Crippen LogP contribution in [0.3, 0.4) is 0 Å². The fraction of sp³-hybridized carbons (Fsp3) is 0.333. The molecule has 0 aliphatic rings. The molecule has 1 nitrogen and oxygen atoms in total. The van der Waals surface area contributed by atoms with E-state index in [1.54, 1.807) is 0 Å². The zero-order chi connectivity index (χ0) is 9.59. The summed E-state index contributed by atoms with van der Waals surface area (Å²) in [4.78, 5) is 0. The van der Waals surface area contributed by atoms with Crippen molar-refractivity contribution in [3.63, 3.8) is 0 Å². The molecule has 2 aromatic rings. The summed E-state index contributed by atoms with van der Waals surface area (Å²) in [6.45, 7) is 8.35. The predicted octanol–water partition coefficient (Wildman–Crippen LogP) is 3.67. The van der Waals surface area contributed by atoms with Crippen molar-refractivity contribution in [2.75, 3.05) is 0 Å². The first-order valence-corrected chi connectivity index (χ1v) is 4.57. The lowest BCUT2D eigenvalue weighted by atomic mass is 10.1. The van der Waals surface area contributed by atoms with Gasteiger partial charge in [0.2, 0.25) is 0 Å². The van der Waals surface area contributed by atoms with Crippen LogP contribution in [0.25, 0.3) is 11.0 Å². The standard InChI is InChI=1S/C12H14O/c1-7-5-6-11-9(3)10(4)13-12(11)8(7)2/h5-6H,1-4H3. The highest BCUT2D eigenvalue weighted by atomic mass is 16.3. The molecule has 0 unspecified atom stereocenters. The van der Waals surface area contributed by atoms with Gasteiger partial charge in [-0.2, -0.15) is 0 Å². The Morgan fingerprint density at radius 1 is 0.923 bits per heavy atom. The maximum atomic E-state index is 5.71. The minimum Gasteiger partial charge on any atom is -0.461 e. The third kappa shape index (κ3) is 1.07. The summed E-state index contributed by atoms with van der Waals surface area (Å²) in [5.74, 6) is 1.03. The highest BCUT2D eigenvalue weighted by molar-refractivity contribution is 5.85. The van der Waals surface area contributed by atoms with Gasteiger partial charge in [0.25, 0.3) is 0 Å². The van der Waals surface area contributed by atoms with Crippen molar-refractivity contribution in [1.82, 2.24) is 0 Å². The molecule has 2 rings (SSSR count). The lowest BCUT2D eigenvalue weighted by molar-refractivity contribution is 0.572. The number of fused-ring (bicyclic) bond motifs is 1. The van der Waals surface area contributed by atoms with E-state index in [-0.39, 0.29) is 0 Å². The van der Waals surface area contributed by atoms with Crippen molar-refractivity contribution in [2.45, 2.75) is 27.7 Å². The molecule has 13 heavy (non-hydrogen) atoms. The summed E-state index contributed by atoms with van der Waals surface area (Å²) in [7, 11) is 0. The number of rotatable bonds is 0. The molecule has 0 spiro atoms. The second kappa shape index (κ2) is 2.63. The quantitative estimate of drug-likeness (QED) is 0.594. The van der Waals surface area contributed by atoms with E-state index in [0.29, 0.717) is 0 Å². The number of furan rings is 1. The van der Waals surface area contributed by atoms with Gasteiger partial charge in [-0.3, -0.25) is 0 Å². The van der Waals surface area contributed by atoms with Gasteiger partial charge in [0.1, 0.15) is 11.3 Å². The van der Waals surface area contributed by atoms with Gasteiger partial charge >= 0.3 is 0 Å². The number of aryl methyl sites for hydroxylation is 4. The first-order chi connectivity index (χ1) is 6.11. The largest absolute Gasteiger partial charge is 0.461 e. The minimum absolute atomic E-state index is 1.03. The summed E-state index contributed by atoms with van der Waals surface area (Å²) in [6.07, 6.45) is 0. The number of hydrogen-bond donors (Lipinski definition) is 0. The van der Waals surface area contributed by atoms with Crippen LogP contribution in [-0.4, -0.2) is 0 Å². The Morgan fingerprint density at radius 2 is 1.62 bits per heavy atom. The van der Waals surface area contributed by atoms with Crippen molar-refractivity contribution < 1.29 is 4.42 Å². The molecule has 0 saturated heterocycles. The molecule has 1 heteroatoms. The van der Waals surface area contributed by atoms with Gasteiger partial charge in [-0.15, -0.1) is 0 Å². The molecule has 0 aliphatic carbocycles. The number of benzene rings is 1. The summed E-state index contributed by atoms with van der Waals surface area (Å²) in [5, 5.41) is 1.25. The molecule has 0 N–H and O–H groups in total. The average molecular weight is 174 g/mol. The average Bonchev–Trinajstić information content (AvgIpc) is 2.38. The van der Waals surface area contributed by atoms with Crippen molar-refractivity contribution in [1.29, 1.82) is 0 Å². The monoisotopic (exact) mass is 174 g/mol. The van der Waals surface area contributed by atoms with Gasteiger partial charge in [0.05, 0.1) is 0 Å². The Bertz CT molecular complexity index is 463. The molecule has 0 atom stereocenters. The van der Waals surface area contributed by atoms with Crippen LogP contribution in [-0.2, 0) is 0 Å². The Morgan fingerprint density at radius 3 is 2.31 bits per heavy atom. The Balaban J connectivity index is 2.94. The van der Waals surface area contributed by atoms with Crippen LogP contribution in [0.5, 0.6) is 0 Å². The van der Waals surface area contributed by atoms with E-state index in [2.05, 4.69) is 32.9 Å². The fourth-order valence-corrected chi connectivity index (χ4v) is 1.64. The Kier molecular flexibility index (Phi) is 1.69. The lowest BCUT2D eigenvalue weighted by Gasteiger charge is -1.98. The van der Waals surface area contributed by atoms with Crippen molar-refractivity contribution >= 4 is 11.0 Å². The second-order valence-corrected chi connectivity index (χ2v) is 3.67. The molecule has 0 fully saturated rings. The van der Waals surface area contributed by atoms with E-state index in [1.807, 2.05) is 6.92 Å². The molecule has 0 radical (unpaired) electrons. The Labute approximate surface area is 78.4 Å². The first-order valence-electron chi connectivity index (χ1n) is 4.57. The molecule has 0 saturated carbocycles. The van der Waals surface area contributed by atoms with E-state index in [0.717, 1.165) is 11.3 Å². The van der Waals surface area contributed by atoms with Gasteiger partial charge in [-0.1, -0.05) is 12.1 Å². The van der Waals surface area contributed by atoms with Gasteiger partial charge in [0.15, 0.2) is 0 Å². The van der Waals surface area contributed by atoms with Crippen LogP contribution in [0.4, 0.5) is 0 Å². The smallest absolute Gasteiger partial charge is 0.137 e. The van der Waals surface area contributed by atoms with E-state index in [4.69, 9.17) is 4.42 Å². The lowest BCUT2D eigenvalue weighted by Crippen LogP contribution is -1.80. The first kappa shape index (κ1) is 8.36. The summed E-state index contributed by atoms with van der Waals surface area (Å²) >= 11 is 0. The van der Waals surface area contributed by atoms with Crippen LogP contribution in [0, 0.1) is 27.7 Å². The van der Waals surface area contributed by atoms with E-state index >= 15 is 0 Å². The van der Waals surface area contributed by atoms with Gasteiger partial charge in [-0.25, -0.2) is 0 Å². The maximum absolute atomic E-state index is 5.71. The van der Waals surface area contributed by atoms with Crippen LogP contribution < -0.4 is 0 Å². The van der Waals surface area contributed by atoms with E-state index in [1.165, 1.54) is 22.1 Å². The molecule has 0 amide bonds. The third-order valence-electron chi connectivity index (χ3n) is 2.86. The van der Waals surface area contributed by atoms with Gasteiger partial charge in [0, 0.05) is 5.39 Å². The molecule has 68 valence electrons. The summed E-state index contributed by atoms with van der Waals surface area (Å²) < 4.78 is 5.71. The van der Waals surface area contributed by atoms with Crippen molar-refractivity contribution in [2.24, 2.45) is 0 Å². The number of hydrogen-bond acceptors (Lipinski definition) is 1. The molecular weight excluding hydrogens is 160 g/mol. The molecule has 1 heterocycles. The summed E-state index contributed by atoms with van der Waals surface area (Å²) in [6, 6.07) is 4.29. The third-order valence-corrected chi connectivity index (χ3v) is 2.86. The SMILES string of the molecule is Cc1ccc2c(C)c(C)oc2c1C. The van der Waals surface area contributed by atoms with Crippen LogP contribution in [0.2, 0.25) is 0 Å². The van der Waals surface area contributed by atoms with Gasteiger partial charge < -0.3 is 4.42 Å². The molecular formula is C12H14O. The minimum atomic E-state index is 1.03. The highest BCUT2D eigenvalue weighted by Crippen LogP contribution is 2.28. The van der Waals surface area contributed by atoms with Crippen molar-refractivity contribution in [3.05, 3.63) is 34.6 Å².